The summed E-state index contributed by atoms with van der Waals surface area (Å²) in [6, 6.07) is 2.84. The molecule has 0 radical (unpaired) electrons. The number of aryl methyl sites for hydroxylation is 1. The van der Waals surface area contributed by atoms with Crippen molar-refractivity contribution in [2.75, 3.05) is 6.61 Å². The van der Waals surface area contributed by atoms with Gasteiger partial charge in [-0.05, 0) is 80.4 Å². The number of allylic oxidation sites excluding steroid dienone is 1. The fraction of sp³-hybridized carbons (Fsp3) is 0.414. The molecule has 0 saturated heterocycles. The predicted octanol–water partition coefficient (Wildman–Crippen LogP) is 7.53. The molecule has 0 atom stereocenters. The first-order valence-electron chi connectivity index (χ1n) is 12.9. The van der Waals surface area contributed by atoms with Crippen molar-refractivity contribution in [2.45, 2.75) is 51.4 Å². The average molecular weight is 555 g/mol. The van der Waals surface area contributed by atoms with Crippen LogP contribution in [0, 0.1) is 24.2 Å². The van der Waals surface area contributed by atoms with Gasteiger partial charge in [-0.3, -0.25) is 4.98 Å². The van der Waals surface area contributed by atoms with E-state index < -0.39 is 5.97 Å². The number of carboxylic acids is 1. The zero-order chi connectivity index (χ0) is 26.6. The third-order valence-electron chi connectivity index (χ3n) is 8.15. The fourth-order valence-corrected chi connectivity index (χ4v) is 6.70. The number of hydrogen-bond acceptors (Lipinski definition) is 6. The lowest BCUT2D eigenvalue weighted by Gasteiger charge is -2.57. The SMILES string of the molecule is Cc1cc(C(=O)O)cc(OCC2CC3(CC(/C=C/c4c(-c5c(Cl)cncc5Cl)noc4C4CC4)C3)C2)c1O. The van der Waals surface area contributed by atoms with Gasteiger partial charge in [-0.2, -0.15) is 0 Å². The molecule has 6 rings (SSSR count). The van der Waals surface area contributed by atoms with Crippen LogP contribution in [0.4, 0.5) is 0 Å². The van der Waals surface area contributed by atoms with Gasteiger partial charge in [0.2, 0.25) is 0 Å². The summed E-state index contributed by atoms with van der Waals surface area (Å²) < 4.78 is 11.6. The van der Waals surface area contributed by atoms with Crippen molar-refractivity contribution >= 4 is 35.2 Å². The molecule has 38 heavy (non-hydrogen) atoms. The van der Waals surface area contributed by atoms with Crippen molar-refractivity contribution in [3.63, 3.8) is 0 Å². The minimum atomic E-state index is -1.04. The highest BCUT2D eigenvalue weighted by Crippen LogP contribution is 2.61. The van der Waals surface area contributed by atoms with Crippen molar-refractivity contribution in [3.05, 3.63) is 63.1 Å². The number of carboxylic acid groups (broad SMARTS) is 1. The molecule has 198 valence electrons. The number of aromatic hydroxyl groups is 1. The second-order valence-corrected chi connectivity index (χ2v) is 11.9. The monoisotopic (exact) mass is 554 g/mol. The van der Waals surface area contributed by atoms with Crippen LogP contribution in [-0.2, 0) is 0 Å². The minimum absolute atomic E-state index is 0.00546. The summed E-state index contributed by atoms with van der Waals surface area (Å²) >= 11 is 12.8. The van der Waals surface area contributed by atoms with Gasteiger partial charge >= 0.3 is 5.97 Å². The Balaban J connectivity index is 1.07. The number of phenolic OH excluding ortho intramolecular Hbond substituents is 1. The molecule has 2 N–H and O–H groups in total. The lowest BCUT2D eigenvalue weighted by Crippen LogP contribution is -2.48. The van der Waals surface area contributed by atoms with E-state index in [1.54, 1.807) is 19.3 Å². The number of rotatable bonds is 8. The number of pyridine rings is 1. The maximum absolute atomic E-state index is 11.3. The topological polar surface area (TPSA) is 106 Å². The molecule has 3 aromatic rings. The lowest BCUT2D eigenvalue weighted by molar-refractivity contribution is -0.0659. The largest absolute Gasteiger partial charge is 0.504 e. The lowest BCUT2D eigenvalue weighted by atomic mass is 9.48. The van der Waals surface area contributed by atoms with Crippen molar-refractivity contribution in [3.8, 4) is 22.8 Å². The first-order chi connectivity index (χ1) is 18.2. The second-order valence-electron chi connectivity index (χ2n) is 11.1. The Morgan fingerprint density at radius 1 is 1.18 bits per heavy atom. The van der Waals surface area contributed by atoms with E-state index in [9.17, 15) is 15.0 Å². The highest BCUT2D eigenvalue weighted by molar-refractivity contribution is 6.39. The van der Waals surface area contributed by atoms with Crippen LogP contribution in [0.15, 0.2) is 35.1 Å². The highest BCUT2D eigenvalue weighted by atomic mass is 35.5. The van der Waals surface area contributed by atoms with E-state index in [2.05, 4.69) is 22.3 Å². The molecule has 3 aliphatic rings. The van der Waals surface area contributed by atoms with E-state index in [-0.39, 0.29) is 17.1 Å². The van der Waals surface area contributed by atoms with Gasteiger partial charge in [-0.25, -0.2) is 4.79 Å². The van der Waals surface area contributed by atoms with Crippen LogP contribution in [0.3, 0.4) is 0 Å². The van der Waals surface area contributed by atoms with Crippen molar-refractivity contribution in [2.24, 2.45) is 17.3 Å². The normalized spacial score (nSPS) is 24.4. The number of benzene rings is 1. The van der Waals surface area contributed by atoms with Gasteiger partial charge in [0.05, 0.1) is 22.2 Å². The van der Waals surface area contributed by atoms with E-state index >= 15 is 0 Å². The van der Waals surface area contributed by atoms with Gasteiger partial charge in [0.15, 0.2) is 11.5 Å². The summed E-state index contributed by atoms with van der Waals surface area (Å²) in [5.74, 6) is 1.39. The van der Waals surface area contributed by atoms with Crippen LogP contribution in [0.5, 0.6) is 11.5 Å². The third kappa shape index (κ3) is 4.67. The van der Waals surface area contributed by atoms with Crippen LogP contribution in [0.2, 0.25) is 10.0 Å². The number of ether oxygens (including phenoxy) is 1. The number of phenols is 1. The quantitative estimate of drug-likeness (QED) is 0.296. The van der Waals surface area contributed by atoms with E-state index in [0.29, 0.717) is 56.6 Å². The van der Waals surface area contributed by atoms with Crippen LogP contribution in [-0.4, -0.2) is 32.9 Å². The van der Waals surface area contributed by atoms with E-state index in [1.807, 2.05) is 0 Å². The molecular formula is C29H28Cl2N2O5. The molecule has 1 aromatic carbocycles. The maximum atomic E-state index is 11.3. The van der Waals surface area contributed by atoms with Gasteiger partial charge in [0.1, 0.15) is 11.5 Å². The Bertz CT molecular complexity index is 1410. The van der Waals surface area contributed by atoms with Gasteiger partial charge < -0.3 is 19.5 Å². The maximum Gasteiger partial charge on any atom is 0.335 e. The van der Waals surface area contributed by atoms with Crippen LogP contribution < -0.4 is 4.74 Å². The Morgan fingerprint density at radius 3 is 2.55 bits per heavy atom. The molecule has 3 saturated carbocycles. The zero-order valence-corrected chi connectivity index (χ0v) is 22.4. The smallest absolute Gasteiger partial charge is 0.335 e. The average Bonchev–Trinajstić information content (AvgIpc) is 3.59. The number of nitrogens with zero attached hydrogens (tertiary/aromatic N) is 2. The number of aromatic nitrogens is 2. The number of carbonyl (C=O) groups is 1. The van der Waals surface area contributed by atoms with Gasteiger partial charge in [-0.15, -0.1) is 0 Å². The summed E-state index contributed by atoms with van der Waals surface area (Å²) in [5, 5.41) is 24.8. The Kier molecular flexibility index (Phi) is 6.39. The summed E-state index contributed by atoms with van der Waals surface area (Å²) in [7, 11) is 0. The molecule has 0 bridgehead atoms. The summed E-state index contributed by atoms with van der Waals surface area (Å²) in [5.41, 5.74) is 3.23. The second kappa shape index (κ2) is 9.62. The molecule has 0 unspecified atom stereocenters. The summed E-state index contributed by atoms with van der Waals surface area (Å²) in [6.07, 6.45) is 14.1. The van der Waals surface area contributed by atoms with Crippen molar-refractivity contribution < 1.29 is 24.3 Å². The summed E-state index contributed by atoms with van der Waals surface area (Å²) in [6.45, 7) is 2.14. The molecule has 9 heteroatoms. The molecule has 3 fully saturated rings. The molecule has 7 nitrogen and oxygen atoms in total. The molecular weight excluding hydrogens is 527 g/mol. The standard InChI is InChI=1S/C29H28Cl2N2O5/c1-15-6-19(28(35)36)7-23(26(15)34)37-14-17-10-29(11-17)8-16(9-29)2-5-20-25(33-38-27(20)18-3-4-18)24-21(30)12-32-13-22(24)31/h2,5-7,12-13,16-18,34H,3-4,8-11,14H2,1H3,(H,35,36)/b5-2+. The van der Waals surface area contributed by atoms with Gasteiger partial charge in [-0.1, -0.05) is 40.5 Å². The predicted molar refractivity (Wildman–Crippen MR) is 144 cm³/mol. The van der Waals surface area contributed by atoms with Crippen molar-refractivity contribution in [1.29, 1.82) is 0 Å². The Morgan fingerprint density at radius 2 is 1.89 bits per heavy atom. The summed E-state index contributed by atoms with van der Waals surface area (Å²) in [4.78, 5) is 15.4. The molecule has 2 heterocycles. The van der Waals surface area contributed by atoms with Crippen LogP contribution >= 0.6 is 23.2 Å². The van der Waals surface area contributed by atoms with E-state index in [1.165, 1.54) is 12.1 Å². The first-order valence-corrected chi connectivity index (χ1v) is 13.7. The molecule has 3 aliphatic carbocycles. The van der Waals surface area contributed by atoms with E-state index in [4.69, 9.17) is 32.5 Å². The highest BCUT2D eigenvalue weighted by Gasteiger charge is 2.52. The molecule has 2 aromatic heterocycles. The number of hydrogen-bond donors (Lipinski definition) is 2. The fourth-order valence-electron chi connectivity index (χ4n) is 6.15. The minimum Gasteiger partial charge on any atom is -0.504 e. The number of halogens is 2. The van der Waals surface area contributed by atoms with Crippen LogP contribution in [0.1, 0.15) is 71.7 Å². The first kappa shape index (κ1) is 25.3. The number of aromatic carboxylic acids is 1. The van der Waals surface area contributed by atoms with Gasteiger partial charge in [0.25, 0.3) is 0 Å². The van der Waals surface area contributed by atoms with Gasteiger partial charge in [0, 0.05) is 29.4 Å². The van der Waals surface area contributed by atoms with E-state index in [0.717, 1.165) is 49.8 Å². The Hall–Kier alpha value is -3.03. The zero-order valence-electron chi connectivity index (χ0n) is 20.9. The Labute approximate surface area is 230 Å². The molecule has 0 aliphatic heterocycles. The third-order valence-corrected chi connectivity index (χ3v) is 8.72. The molecule has 0 amide bonds. The van der Waals surface area contributed by atoms with Crippen molar-refractivity contribution in [1.82, 2.24) is 10.1 Å². The van der Waals surface area contributed by atoms with Crippen LogP contribution in [0.25, 0.3) is 17.3 Å². The molecule has 1 spiro atoms.